The summed E-state index contributed by atoms with van der Waals surface area (Å²) in [4.78, 5) is 11.1. The summed E-state index contributed by atoms with van der Waals surface area (Å²) in [6, 6.07) is 5.33. The van der Waals surface area contributed by atoms with Gasteiger partial charge in [-0.3, -0.25) is 0 Å². The monoisotopic (exact) mass is 291 g/mol. The van der Waals surface area contributed by atoms with Crippen LogP contribution in [0.2, 0.25) is 0 Å². The first-order chi connectivity index (χ1) is 9.70. The van der Waals surface area contributed by atoms with Gasteiger partial charge in [-0.05, 0) is 36.8 Å². The zero-order valence-electron chi connectivity index (χ0n) is 11.3. The molecule has 1 aromatic heterocycles. The Morgan fingerprint density at radius 1 is 1.50 bits per heavy atom. The molecule has 0 aliphatic heterocycles. The lowest BCUT2D eigenvalue weighted by Crippen LogP contribution is -2.17. The van der Waals surface area contributed by atoms with Crippen LogP contribution in [-0.2, 0) is 0 Å². The highest BCUT2D eigenvalue weighted by atomic mass is 32.2. The fourth-order valence-electron chi connectivity index (χ4n) is 2.91. The molecule has 6 heteroatoms. The fourth-order valence-corrected chi connectivity index (χ4v) is 4.14. The van der Waals surface area contributed by atoms with Crippen molar-refractivity contribution in [1.29, 1.82) is 0 Å². The number of nitrogens with zero attached hydrogens (tertiary/aromatic N) is 3. The number of fused-ring (bicyclic) bond motifs is 1. The van der Waals surface area contributed by atoms with E-state index >= 15 is 0 Å². The molecule has 2 atom stereocenters. The van der Waals surface area contributed by atoms with Crippen LogP contribution in [0, 0.1) is 0 Å². The highest BCUT2D eigenvalue weighted by Crippen LogP contribution is 2.39. The number of thioether (sulfide) groups is 1. The van der Waals surface area contributed by atoms with Crippen LogP contribution in [0.1, 0.15) is 42.6 Å². The molecule has 0 spiro atoms. The summed E-state index contributed by atoms with van der Waals surface area (Å²) in [6.45, 7) is 2.17. The summed E-state index contributed by atoms with van der Waals surface area (Å²) in [7, 11) is 0. The molecule has 1 aromatic carbocycles. The number of aromatic carboxylic acids is 1. The van der Waals surface area contributed by atoms with Gasteiger partial charge in [-0.15, -0.1) is 5.10 Å². The second-order valence-corrected chi connectivity index (χ2v) is 6.55. The van der Waals surface area contributed by atoms with Gasteiger partial charge in [0.2, 0.25) is 0 Å². The van der Waals surface area contributed by atoms with Gasteiger partial charge in [-0.2, -0.15) is 11.8 Å². The van der Waals surface area contributed by atoms with Crippen molar-refractivity contribution < 1.29 is 9.90 Å². The number of aromatic nitrogens is 3. The normalized spacial score (nSPS) is 22.4. The Kier molecular flexibility index (Phi) is 3.65. The van der Waals surface area contributed by atoms with Gasteiger partial charge in [0.15, 0.2) is 0 Å². The summed E-state index contributed by atoms with van der Waals surface area (Å²) in [5.74, 6) is 0.180. The Labute approximate surface area is 121 Å². The lowest BCUT2D eigenvalue weighted by atomic mass is 10.2. The zero-order chi connectivity index (χ0) is 14.1. The summed E-state index contributed by atoms with van der Waals surface area (Å²) in [5, 5.41) is 18.1. The predicted octanol–water partition coefficient (Wildman–Crippen LogP) is 2.98. The molecular weight excluding hydrogens is 274 g/mol. The number of rotatable bonds is 4. The lowest BCUT2D eigenvalue weighted by Gasteiger charge is -2.19. The quantitative estimate of drug-likeness (QED) is 0.938. The molecule has 0 bridgehead atoms. The Bertz CT molecular complexity index is 640. The first-order valence-electron chi connectivity index (χ1n) is 6.90. The van der Waals surface area contributed by atoms with E-state index in [0.29, 0.717) is 16.9 Å². The van der Waals surface area contributed by atoms with E-state index in [-0.39, 0.29) is 0 Å². The molecule has 0 radical (unpaired) electrons. The van der Waals surface area contributed by atoms with Gasteiger partial charge in [0.1, 0.15) is 5.52 Å². The van der Waals surface area contributed by atoms with Crippen molar-refractivity contribution >= 4 is 28.8 Å². The maximum atomic E-state index is 11.1. The number of hydrogen-bond donors (Lipinski definition) is 1. The average Bonchev–Trinajstić information content (AvgIpc) is 3.04. The minimum Gasteiger partial charge on any atom is -0.478 e. The first-order valence-corrected chi connectivity index (χ1v) is 7.95. The molecule has 20 heavy (non-hydrogen) atoms. The Morgan fingerprint density at radius 3 is 3.10 bits per heavy atom. The van der Waals surface area contributed by atoms with Gasteiger partial charge in [0.25, 0.3) is 0 Å². The van der Waals surface area contributed by atoms with Gasteiger partial charge < -0.3 is 5.11 Å². The third-order valence-electron chi connectivity index (χ3n) is 3.83. The van der Waals surface area contributed by atoms with Crippen molar-refractivity contribution in [3.63, 3.8) is 0 Å². The van der Waals surface area contributed by atoms with Crippen molar-refractivity contribution in [2.75, 3.05) is 5.75 Å². The van der Waals surface area contributed by atoms with Gasteiger partial charge in [0, 0.05) is 5.25 Å². The molecule has 0 saturated heterocycles. The SMILES string of the molecule is CCSC1CCCC1n1nnc2ccc(C(=O)O)cc21. The van der Waals surface area contributed by atoms with E-state index in [1.165, 1.54) is 12.8 Å². The minimum atomic E-state index is -0.912. The van der Waals surface area contributed by atoms with Gasteiger partial charge in [-0.1, -0.05) is 18.6 Å². The Hall–Kier alpha value is -1.56. The third kappa shape index (κ3) is 2.28. The van der Waals surface area contributed by atoms with Crippen molar-refractivity contribution in [2.45, 2.75) is 37.5 Å². The van der Waals surface area contributed by atoms with Crippen LogP contribution in [0.25, 0.3) is 11.0 Å². The Balaban J connectivity index is 2.02. The standard InChI is InChI=1S/C14H17N3O2S/c1-2-20-13-5-3-4-11(13)17-12-8-9(14(18)19)6-7-10(12)15-16-17/h6-8,11,13H,2-5H2,1H3,(H,18,19). The highest BCUT2D eigenvalue weighted by Gasteiger charge is 2.30. The maximum Gasteiger partial charge on any atom is 0.335 e. The molecule has 106 valence electrons. The fraction of sp³-hybridized carbons (Fsp3) is 0.500. The van der Waals surface area contributed by atoms with E-state index in [0.717, 1.165) is 23.2 Å². The van der Waals surface area contributed by atoms with Crippen molar-refractivity contribution in [2.24, 2.45) is 0 Å². The number of carbonyl (C=O) groups is 1. The average molecular weight is 291 g/mol. The van der Waals surface area contributed by atoms with E-state index in [1.807, 2.05) is 16.4 Å². The first kappa shape index (κ1) is 13.4. The summed E-state index contributed by atoms with van der Waals surface area (Å²) >= 11 is 1.96. The molecule has 0 amide bonds. The van der Waals surface area contributed by atoms with Crippen LogP contribution < -0.4 is 0 Å². The van der Waals surface area contributed by atoms with Crippen LogP contribution in [-0.4, -0.2) is 37.1 Å². The topological polar surface area (TPSA) is 68.0 Å². The molecule has 1 fully saturated rings. The molecule has 2 aromatic rings. The van der Waals surface area contributed by atoms with E-state index in [1.54, 1.807) is 18.2 Å². The molecule has 1 saturated carbocycles. The van der Waals surface area contributed by atoms with Crippen molar-refractivity contribution in [1.82, 2.24) is 15.0 Å². The van der Waals surface area contributed by atoms with Gasteiger partial charge >= 0.3 is 5.97 Å². The van der Waals surface area contributed by atoms with E-state index in [9.17, 15) is 4.79 Å². The predicted molar refractivity (Wildman–Crippen MR) is 79.3 cm³/mol. The summed E-state index contributed by atoms with van der Waals surface area (Å²) in [5.41, 5.74) is 1.89. The zero-order valence-corrected chi connectivity index (χ0v) is 12.1. The molecule has 1 aliphatic rings. The summed E-state index contributed by atoms with van der Waals surface area (Å²) < 4.78 is 1.93. The number of hydrogen-bond acceptors (Lipinski definition) is 4. The minimum absolute atomic E-state index is 0.291. The molecule has 2 unspecified atom stereocenters. The maximum absolute atomic E-state index is 11.1. The van der Waals surface area contributed by atoms with Crippen LogP contribution in [0.15, 0.2) is 18.2 Å². The molecule has 5 nitrogen and oxygen atoms in total. The lowest BCUT2D eigenvalue weighted by molar-refractivity contribution is 0.0697. The van der Waals surface area contributed by atoms with Crippen LogP contribution in [0.3, 0.4) is 0 Å². The van der Waals surface area contributed by atoms with Crippen LogP contribution >= 0.6 is 11.8 Å². The van der Waals surface area contributed by atoms with Gasteiger partial charge in [0.05, 0.1) is 17.1 Å². The molecular formula is C14H17N3O2S. The molecule has 3 rings (SSSR count). The van der Waals surface area contributed by atoms with Crippen molar-refractivity contribution in [3.05, 3.63) is 23.8 Å². The van der Waals surface area contributed by atoms with E-state index in [2.05, 4.69) is 17.2 Å². The highest BCUT2D eigenvalue weighted by molar-refractivity contribution is 7.99. The molecule has 1 aliphatic carbocycles. The third-order valence-corrected chi connectivity index (χ3v) is 5.14. The number of carboxylic acids is 1. The largest absolute Gasteiger partial charge is 0.478 e. The second kappa shape index (κ2) is 5.44. The van der Waals surface area contributed by atoms with E-state index < -0.39 is 5.97 Å². The number of carboxylic acid groups (broad SMARTS) is 1. The van der Waals surface area contributed by atoms with E-state index in [4.69, 9.17) is 5.11 Å². The smallest absolute Gasteiger partial charge is 0.335 e. The second-order valence-electron chi connectivity index (χ2n) is 5.03. The molecule has 1 heterocycles. The Morgan fingerprint density at radius 2 is 2.35 bits per heavy atom. The van der Waals surface area contributed by atoms with Crippen LogP contribution in [0.5, 0.6) is 0 Å². The van der Waals surface area contributed by atoms with Gasteiger partial charge in [-0.25, -0.2) is 9.48 Å². The van der Waals surface area contributed by atoms with Crippen molar-refractivity contribution in [3.8, 4) is 0 Å². The number of benzene rings is 1. The van der Waals surface area contributed by atoms with Crippen LogP contribution in [0.4, 0.5) is 0 Å². The molecule has 1 N–H and O–H groups in total. The summed E-state index contributed by atoms with van der Waals surface area (Å²) in [6.07, 6.45) is 3.49.